The van der Waals surface area contributed by atoms with Gasteiger partial charge in [0.15, 0.2) is 0 Å². The second-order valence-corrected chi connectivity index (χ2v) is 13.2. The molecule has 5 rings (SSSR count). The zero-order valence-electron chi connectivity index (χ0n) is 27.8. The van der Waals surface area contributed by atoms with Crippen LogP contribution < -0.4 is 26.5 Å². The molecular weight excluding hydrogens is 634 g/mol. The lowest BCUT2D eigenvalue weighted by molar-refractivity contribution is -0.130. The number of aromatic nitrogens is 2. The zero-order valence-corrected chi connectivity index (χ0v) is 28.5. The molecule has 2 aromatic carbocycles. The predicted molar refractivity (Wildman–Crippen MR) is 187 cm³/mol. The minimum atomic E-state index is -0.707. The van der Waals surface area contributed by atoms with Crippen molar-refractivity contribution in [2.45, 2.75) is 71.4 Å². The number of fused-ring (bicyclic) bond motifs is 1. The third-order valence-corrected chi connectivity index (χ3v) is 9.66. The highest BCUT2D eigenvalue weighted by Crippen LogP contribution is 2.30. The lowest BCUT2D eigenvalue weighted by atomic mass is 9.98. The smallest absolute Gasteiger partial charge is 0.326 e. The number of nitrogens with one attached hydrogen (secondary N) is 4. The molecule has 3 aromatic rings. The van der Waals surface area contributed by atoms with Crippen molar-refractivity contribution >= 4 is 52.0 Å². The molecule has 2 aliphatic heterocycles. The summed E-state index contributed by atoms with van der Waals surface area (Å²) in [4.78, 5) is 72.5. The van der Waals surface area contributed by atoms with E-state index in [0.29, 0.717) is 85.6 Å². The molecule has 13 heteroatoms. The molecule has 0 aliphatic carbocycles. The summed E-state index contributed by atoms with van der Waals surface area (Å²) >= 11 is 6.64. The quantitative estimate of drug-likeness (QED) is 0.331. The third kappa shape index (κ3) is 8.39. The van der Waals surface area contributed by atoms with E-state index in [4.69, 9.17) is 11.6 Å². The molecular formula is C35H46ClN7O5. The lowest BCUT2D eigenvalue weighted by Crippen LogP contribution is -2.50. The standard InChI is InChI=1S/C35H46ClN7O5/c1-3-23(2)31-33(46)38-15-8-20-43-29-22-24(10-12-27(29)39-35(43)48)32(45)37-14-7-19-42(18-6-9-30(44)40-31)34(47)25-11-13-28(26(36)21-25)41-16-4-5-17-41/h10-13,21-23,31H,3-9,14-20H2,1-2H3,(H,37,45)(H,38,46)(H,39,48)(H,40,44)/t23-,31-/m0/s1. The number of carbonyl (C=O) groups excluding carboxylic acids is 4. The van der Waals surface area contributed by atoms with Crippen molar-refractivity contribution in [3.8, 4) is 0 Å². The summed E-state index contributed by atoms with van der Waals surface area (Å²) < 4.78 is 1.56. The van der Waals surface area contributed by atoms with Gasteiger partial charge in [-0.25, -0.2) is 4.79 Å². The van der Waals surface area contributed by atoms with Crippen LogP contribution in [-0.4, -0.2) is 83.4 Å². The minimum Gasteiger partial charge on any atom is -0.370 e. The van der Waals surface area contributed by atoms with Gasteiger partial charge >= 0.3 is 5.69 Å². The topological polar surface area (TPSA) is 149 Å². The van der Waals surface area contributed by atoms with Gasteiger partial charge in [-0.1, -0.05) is 31.9 Å². The van der Waals surface area contributed by atoms with E-state index in [1.54, 1.807) is 39.8 Å². The number of benzene rings is 2. The summed E-state index contributed by atoms with van der Waals surface area (Å²) in [6.07, 6.45) is 4.41. The van der Waals surface area contributed by atoms with Gasteiger partial charge in [0.2, 0.25) is 11.8 Å². The summed E-state index contributed by atoms with van der Waals surface area (Å²) in [5.74, 6) is -1.13. The number of H-pyrrole nitrogens is 1. The molecule has 0 spiro atoms. The van der Waals surface area contributed by atoms with Crippen molar-refractivity contribution in [2.24, 2.45) is 5.92 Å². The van der Waals surface area contributed by atoms with E-state index in [1.807, 2.05) is 19.9 Å². The number of aromatic amines is 1. The van der Waals surface area contributed by atoms with Crippen LogP contribution in [0.2, 0.25) is 5.02 Å². The van der Waals surface area contributed by atoms with Gasteiger partial charge in [0.25, 0.3) is 11.8 Å². The maximum atomic E-state index is 13.8. The Bertz CT molecular complexity index is 1700. The molecule has 2 aliphatic rings. The number of amides is 4. The molecule has 0 radical (unpaired) electrons. The maximum Gasteiger partial charge on any atom is 0.326 e. The number of anilines is 1. The summed E-state index contributed by atoms with van der Waals surface area (Å²) in [6.45, 7) is 7.38. The second kappa shape index (κ2) is 16.2. The molecule has 0 unspecified atom stereocenters. The van der Waals surface area contributed by atoms with Crippen molar-refractivity contribution < 1.29 is 19.2 Å². The summed E-state index contributed by atoms with van der Waals surface area (Å²) in [5, 5.41) is 9.28. The molecule has 3 heterocycles. The fourth-order valence-electron chi connectivity index (χ4n) is 6.38. The van der Waals surface area contributed by atoms with Gasteiger partial charge in [0.1, 0.15) is 6.04 Å². The van der Waals surface area contributed by atoms with Crippen LogP contribution in [0, 0.1) is 5.92 Å². The first-order chi connectivity index (χ1) is 23.2. The molecule has 258 valence electrons. The Kier molecular flexibility index (Phi) is 11.8. The van der Waals surface area contributed by atoms with E-state index in [9.17, 15) is 24.0 Å². The van der Waals surface area contributed by atoms with Crippen molar-refractivity contribution in [1.82, 2.24) is 30.4 Å². The molecule has 2 atom stereocenters. The van der Waals surface area contributed by atoms with Gasteiger partial charge in [-0.15, -0.1) is 0 Å². The van der Waals surface area contributed by atoms with Crippen LogP contribution in [0.3, 0.4) is 0 Å². The minimum absolute atomic E-state index is 0.0957. The zero-order chi connectivity index (χ0) is 34.2. The first-order valence-electron chi connectivity index (χ1n) is 17.1. The number of aryl methyl sites for hydroxylation is 1. The Balaban J connectivity index is 1.35. The van der Waals surface area contributed by atoms with Gasteiger partial charge in [-0.2, -0.15) is 0 Å². The van der Waals surface area contributed by atoms with E-state index in [0.717, 1.165) is 31.6 Å². The highest BCUT2D eigenvalue weighted by atomic mass is 35.5. The van der Waals surface area contributed by atoms with Crippen LogP contribution in [-0.2, 0) is 16.1 Å². The summed E-state index contributed by atoms with van der Waals surface area (Å²) in [6, 6.07) is 9.74. The van der Waals surface area contributed by atoms with Gasteiger partial charge in [-0.05, 0) is 74.4 Å². The van der Waals surface area contributed by atoms with E-state index in [1.165, 1.54) is 0 Å². The number of rotatable bonds is 4. The molecule has 4 amide bonds. The lowest BCUT2D eigenvalue weighted by Gasteiger charge is -2.25. The molecule has 1 saturated heterocycles. The second-order valence-electron chi connectivity index (χ2n) is 12.8. The van der Waals surface area contributed by atoms with Gasteiger partial charge in [0.05, 0.1) is 21.7 Å². The van der Waals surface area contributed by atoms with Crippen molar-refractivity contribution in [1.29, 1.82) is 0 Å². The normalized spacial score (nSPS) is 19.8. The van der Waals surface area contributed by atoms with Gasteiger partial charge in [0, 0.05) is 63.4 Å². The number of halogens is 1. The average molecular weight is 680 g/mol. The van der Waals surface area contributed by atoms with Crippen LogP contribution in [0.25, 0.3) is 11.0 Å². The predicted octanol–water partition coefficient (Wildman–Crippen LogP) is 3.68. The molecule has 2 bridgehead atoms. The Morgan fingerprint density at radius 3 is 2.38 bits per heavy atom. The molecule has 12 nitrogen and oxygen atoms in total. The van der Waals surface area contributed by atoms with Crippen molar-refractivity contribution in [3.05, 3.63) is 63.0 Å². The number of nitrogens with zero attached hydrogens (tertiary/aromatic N) is 3. The van der Waals surface area contributed by atoms with E-state index < -0.39 is 6.04 Å². The van der Waals surface area contributed by atoms with E-state index >= 15 is 0 Å². The highest BCUT2D eigenvalue weighted by Gasteiger charge is 2.26. The van der Waals surface area contributed by atoms with Crippen LogP contribution in [0.15, 0.2) is 41.2 Å². The highest BCUT2D eigenvalue weighted by molar-refractivity contribution is 6.33. The Morgan fingerprint density at radius 1 is 0.896 bits per heavy atom. The van der Waals surface area contributed by atoms with Gasteiger partial charge < -0.3 is 30.7 Å². The largest absolute Gasteiger partial charge is 0.370 e. The number of imidazole rings is 1. The number of hydrogen-bond acceptors (Lipinski definition) is 6. The number of hydrogen-bond donors (Lipinski definition) is 4. The number of carbonyl (C=O) groups is 4. The SMILES string of the molecule is CC[C@H](C)[C@@H]1NC(=O)CCCN(C(=O)c2ccc(N3CCCC3)c(Cl)c2)CCCNC(=O)c2ccc3[nH]c(=O)n(c3c2)CCCNC1=O. The van der Waals surface area contributed by atoms with E-state index in [-0.39, 0.29) is 41.7 Å². The summed E-state index contributed by atoms with van der Waals surface area (Å²) in [7, 11) is 0. The molecule has 1 fully saturated rings. The molecule has 4 N–H and O–H groups in total. The van der Waals surface area contributed by atoms with Crippen molar-refractivity contribution in [2.75, 3.05) is 44.2 Å². The Labute approximate surface area is 285 Å². The monoisotopic (exact) mass is 679 g/mol. The van der Waals surface area contributed by atoms with Crippen LogP contribution in [0.5, 0.6) is 0 Å². The maximum absolute atomic E-state index is 13.8. The first-order valence-corrected chi connectivity index (χ1v) is 17.5. The van der Waals surface area contributed by atoms with Gasteiger partial charge in [-0.3, -0.25) is 23.7 Å². The van der Waals surface area contributed by atoms with Crippen LogP contribution in [0.1, 0.15) is 79.5 Å². The summed E-state index contributed by atoms with van der Waals surface area (Å²) in [5.41, 5.74) is 2.70. The molecule has 1 aromatic heterocycles. The Hall–Kier alpha value is -4.32. The Morgan fingerprint density at radius 2 is 1.62 bits per heavy atom. The molecule has 0 saturated carbocycles. The average Bonchev–Trinajstić information content (AvgIpc) is 3.72. The molecule has 48 heavy (non-hydrogen) atoms. The fraction of sp³-hybridized carbons (Fsp3) is 0.514. The van der Waals surface area contributed by atoms with Crippen LogP contribution >= 0.6 is 11.6 Å². The fourth-order valence-corrected chi connectivity index (χ4v) is 6.68. The first kappa shape index (κ1) is 35.0. The van der Waals surface area contributed by atoms with Crippen LogP contribution in [0.4, 0.5) is 5.69 Å². The third-order valence-electron chi connectivity index (χ3n) is 9.36. The van der Waals surface area contributed by atoms with E-state index in [2.05, 4.69) is 25.8 Å². The van der Waals surface area contributed by atoms with Crippen molar-refractivity contribution in [3.63, 3.8) is 0 Å².